The summed E-state index contributed by atoms with van der Waals surface area (Å²) in [6.07, 6.45) is 1.33. The second-order valence-electron chi connectivity index (χ2n) is 7.10. The van der Waals surface area contributed by atoms with Crippen LogP contribution in [0, 0.1) is 0 Å². The van der Waals surface area contributed by atoms with Gasteiger partial charge in [0.05, 0.1) is 18.9 Å². The van der Waals surface area contributed by atoms with E-state index >= 15 is 0 Å². The van der Waals surface area contributed by atoms with Gasteiger partial charge in [0, 0.05) is 18.3 Å². The number of esters is 1. The summed E-state index contributed by atoms with van der Waals surface area (Å²) < 4.78 is 10.4. The Kier molecular flexibility index (Phi) is 8.28. The molecule has 10 nitrogen and oxygen atoms in total. The maximum atomic E-state index is 12.3. The van der Waals surface area contributed by atoms with Gasteiger partial charge in [-0.3, -0.25) is 14.4 Å². The Morgan fingerprint density at radius 3 is 2.09 bits per heavy atom. The van der Waals surface area contributed by atoms with Crippen molar-refractivity contribution in [2.45, 2.75) is 6.92 Å². The third-order valence-corrected chi connectivity index (χ3v) is 4.45. The van der Waals surface area contributed by atoms with E-state index in [0.29, 0.717) is 34.0 Å². The minimum atomic E-state index is -0.962. The predicted molar refractivity (Wildman–Crippen MR) is 130 cm³/mol. The van der Waals surface area contributed by atoms with Crippen molar-refractivity contribution in [3.05, 3.63) is 83.9 Å². The molecule has 0 heterocycles. The fourth-order valence-corrected chi connectivity index (χ4v) is 2.78. The van der Waals surface area contributed by atoms with Crippen molar-refractivity contribution in [1.29, 1.82) is 0 Å². The number of carbonyl (C=O) groups is 4. The topological polar surface area (TPSA) is 135 Å². The summed E-state index contributed by atoms with van der Waals surface area (Å²) in [6.45, 7) is 1.38. The number of hydrogen-bond acceptors (Lipinski definition) is 7. The number of nitrogens with one attached hydrogen (secondary N) is 3. The normalized spacial score (nSPS) is 10.3. The van der Waals surface area contributed by atoms with Gasteiger partial charge in [-0.25, -0.2) is 10.2 Å². The molecule has 3 aromatic carbocycles. The number of nitrogens with zero attached hydrogens (tertiary/aromatic N) is 1. The molecule has 0 aliphatic heterocycles. The minimum Gasteiger partial charge on any atom is -0.497 e. The first-order chi connectivity index (χ1) is 16.8. The Morgan fingerprint density at radius 1 is 0.800 bits per heavy atom. The maximum Gasteiger partial charge on any atom is 0.343 e. The fraction of sp³-hybridized carbons (Fsp3) is 0.0800. The number of carbonyl (C=O) groups excluding carboxylic acids is 4. The van der Waals surface area contributed by atoms with Crippen LogP contribution in [0.2, 0.25) is 0 Å². The van der Waals surface area contributed by atoms with E-state index in [0.717, 1.165) is 0 Å². The summed E-state index contributed by atoms with van der Waals surface area (Å²) in [5, 5.41) is 8.77. The number of amides is 3. The quantitative estimate of drug-likeness (QED) is 0.158. The fourth-order valence-electron chi connectivity index (χ4n) is 2.78. The molecule has 0 saturated carbocycles. The van der Waals surface area contributed by atoms with E-state index in [4.69, 9.17) is 9.47 Å². The zero-order valence-electron chi connectivity index (χ0n) is 18.9. The van der Waals surface area contributed by atoms with Crippen LogP contribution in [0.15, 0.2) is 77.9 Å². The van der Waals surface area contributed by atoms with Crippen LogP contribution in [0.3, 0.4) is 0 Å². The lowest BCUT2D eigenvalue weighted by Crippen LogP contribution is -2.32. The van der Waals surface area contributed by atoms with E-state index < -0.39 is 17.8 Å². The van der Waals surface area contributed by atoms with Crippen molar-refractivity contribution in [3.63, 3.8) is 0 Å². The van der Waals surface area contributed by atoms with Crippen molar-refractivity contribution in [2.75, 3.05) is 17.7 Å². The van der Waals surface area contributed by atoms with Gasteiger partial charge < -0.3 is 20.1 Å². The molecule has 10 heteroatoms. The molecule has 0 aliphatic carbocycles. The smallest absolute Gasteiger partial charge is 0.343 e. The van der Waals surface area contributed by atoms with Crippen LogP contribution < -0.4 is 25.5 Å². The summed E-state index contributed by atoms with van der Waals surface area (Å²) >= 11 is 0. The zero-order chi connectivity index (χ0) is 25.2. The lowest BCUT2D eigenvalue weighted by atomic mass is 10.2. The summed E-state index contributed by atoms with van der Waals surface area (Å²) in [4.78, 5) is 47.2. The molecular weight excluding hydrogens is 452 g/mol. The first-order valence-corrected chi connectivity index (χ1v) is 10.3. The Balaban J connectivity index is 1.49. The molecule has 3 amide bonds. The van der Waals surface area contributed by atoms with Crippen LogP contribution in [0.1, 0.15) is 22.8 Å². The van der Waals surface area contributed by atoms with Crippen LogP contribution in [-0.2, 0) is 14.4 Å². The molecule has 0 unspecified atom stereocenters. The second-order valence-corrected chi connectivity index (χ2v) is 7.10. The monoisotopic (exact) mass is 474 g/mol. The molecule has 35 heavy (non-hydrogen) atoms. The van der Waals surface area contributed by atoms with Gasteiger partial charge in [-0.05, 0) is 72.3 Å². The van der Waals surface area contributed by atoms with Crippen LogP contribution in [-0.4, -0.2) is 37.0 Å². The van der Waals surface area contributed by atoms with Crippen molar-refractivity contribution in [2.24, 2.45) is 5.10 Å². The van der Waals surface area contributed by atoms with Gasteiger partial charge in [0.25, 0.3) is 0 Å². The highest BCUT2D eigenvalue weighted by Crippen LogP contribution is 2.17. The van der Waals surface area contributed by atoms with Gasteiger partial charge in [-0.15, -0.1) is 0 Å². The third-order valence-electron chi connectivity index (χ3n) is 4.45. The van der Waals surface area contributed by atoms with Crippen LogP contribution in [0.4, 0.5) is 11.4 Å². The molecule has 3 aromatic rings. The summed E-state index contributed by atoms with van der Waals surface area (Å²) in [5.41, 5.74) is 4.01. The molecule has 0 aromatic heterocycles. The number of anilines is 2. The summed E-state index contributed by atoms with van der Waals surface area (Å²) in [5.74, 6) is -1.76. The van der Waals surface area contributed by atoms with E-state index in [9.17, 15) is 19.2 Å². The molecule has 0 bridgehead atoms. The van der Waals surface area contributed by atoms with Gasteiger partial charge in [0.15, 0.2) is 0 Å². The van der Waals surface area contributed by atoms with Crippen molar-refractivity contribution >= 4 is 41.3 Å². The molecule has 0 saturated heterocycles. The van der Waals surface area contributed by atoms with E-state index in [-0.39, 0.29) is 5.91 Å². The van der Waals surface area contributed by atoms with Crippen molar-refractivity contribution < 1.29 is 28.7 Å². The first kappa shape index (κ1) is 24.6. The number of ether oxygens (including phenoxy) is 2. The summed E-state index contributed by atoms with van der Waals surface area (Å²) in [6, 6.07) is 19.3. The van der Waals surface area contributed by atoms with Crippen LogP contribution in [0.25, 0.3) is 0 Å². The number of benzene rings is 3. The van der Waals surface area contributed by atoms with Crippen LogP contribution >= 0.6 is 0 Å². The van der Waals surface area contributed by atoms with E-state index in [1.165, 1.54) is 20.2 Å². The van der Waals surface area contributed by atoms with E-state index in [1.54, 1.807) is 72.8 Å². The largest absolute Gasteiger partial charge is 0.497 e. The SMILES string of the molecule is COc1cccc(C(=O)Oc2ccc(/C=N/NC(=O)C(=O)Nc3ccc(NC(C)=O)cc3)cc2)c1. The third kappa shape index (κ3) is 7.53. The van der Waals surface area contributed by atoms with E-state index in [2.05, 4.69) is 21.2 Å². The molecule has 178 valence electrons. The molecule has 3 N–H and O–H groups in total. The lowest BCUT2D eigenvalue weighted by molar-refractivity contribution is -0.136. The minimum absolute atomic E-state index is 0.220. The Morgan fingerprint density at radius 2 is 1.46 bits per heavy atom. The van der Waals surface area contributed by atoms with Gasteiger partial charge in [0.2, 0.25) is 5.91 Å². The molecular formula is C25H22N4O6. The first-order valence-electron chi connectivity index (χ1n) is 10.3. The highest BCUT2D eigenvalue weighted by Gasteiger charge is 2.13. The molecule has 3 rings (SSSR count). The molecule has 0 atom stereocenters. The number of rotatable bonds is 7. The Hall–Kier alpha value is -4.99. The average molecular weight is 474 g/mol. The number of methoxy groups -OCH3 is 1. The number of hydrogen-bond donors (Lipinski definition) is 3. The lowest BCUT2D eigenvalue weighted by Gasteiger charge is -2.06. The Bertz CT molecular complexity index is 1250. The Labute approximate surface area is 200 Å². The van der Waals surface area contributed by atoms with E-state index in [1.807, 2.05) is 0 Å². The molecule has 0 aliphatic rings. The predicted octanol–water partition coefficient (Wildman–Crippen LogP) is 2.96. The number of hydrazone groups is 1. The average Bonchev–Trinajstić information content (AvgIpc) is 2.86. The summed E-state index contributed by atoms with van der Waals surface area (Å²) in [7, 11) is 1.51. The van der Waals surface area contributed by atoms with Crippen LogP contribution in [0.5, 0.6) is 11.5 Å². The highest BCUT2D eigenvalue weighted by molar-refractivity contribution is 6.39. The van der Waals surface area contributed by atoms with Gasteiger partial charge >= 0.3 is 17.8 Å². The highest BCUT2D eigenvalue weighted by atomic mass is 16.5. The molecule has 0 fully saturated rings. The maximum absolute atomic E-state index is 12.3. The van der Waals surface area contributed by atoms with Gasteiger partial charge in [-0.1, -0.05) is 6.07 Å². The van der Waals surface area contributed by atoms with Crippen molar-refractivity contribution in [3.8, 4) is 11.5 Å². The van der Waals surface area contributed by atoms with Gasteiger partial charge in [-0.2, -0.15) is 5.10 Å². The van der Waals surface area contributed by atoms with Gasteiger partial charge in [0.1, 0.15) is 11.5 Å². The second kappa shape index (κ2) is 11.8. The zero-order valence-corrected chi connectivity index (χ0v) is 18.9. The molecule has 0 radical (unpaired) electrons. The van der Waals surface area contributed by atoms with Crippen molar-refractivity contribution in [1.82, 2.24) is 5.43 Å². The molecule has 0 spiro atoms. The standard InChI is InChI=1S/C25H22N4O6/c1-16(30)27-19-8-10-20(11-9-19)28-23(31)24(32)29-26-15-17-6-12-21(13-7-17)35-25(33)18-4-3-5-22(14-18)34-2/h3-15H,1-2H3,(H,27,30)(H,28,31)(H,29,32)/b26-15+.